The Morgan fingerprint density at radius 3 is 2.43 bits per heavy atom. The molecule has 0 unspecified atom stereocenters. The molecule has 0 saturated heterocycles. The van der Waals surface area contributed by atoms with Crippen LogP contribution in [0.15, 0.2) is 40.8 Å². The maximum atomic E-state index is 10.2. The van der Waals surface area contributed by atoms with E-state index in [1.165, 1.54) is 0 Å². The van der Waals surface area contributed by atoms with Crippen LogP contribution in [0.1, 0.15) is 27.7 Å². The zero-order valence-corrected chi connectivity index (χ0v) is 14.6. The minimum Gasteiger partial charge on any atom is -0.456 e. The molecule has 0 saturated carbocycles. The van der Waals surface area contributed by atoms with Crippen LogP contribution >= 0.6 is 11.6 Å². The van der Waals surface area contributed by atoms with Crippen LogP contribution in [-0.4, -0.2) is 23.8 Å². The number of halogens is 1. The van der Waals surface area contributed by atoms with Crippen LogP contribution < -0.4 is 5.46 Å². The van der Waals surface area contributed by atoms with Crippen LogP contribution in [-0.2, 0) is 4.65 Å². The van der Waals surface area contributed by atoms with Crippen LogP contribution in [0.3, 0.4) is 0 Å². The van der Waals surface area contributed by atoms with Gasteiger partial charge in [-0.25, -0.2) is 0 Å². The number of aliphatic hydroxyl groups is 1. The van der Waals surface area contributed by atoms with Gasteiger partial charge in [0, 0.05) is 15.8 Å². The molecule has 0 spiro atoms. The van der Waals surface area contributed by atoms with Crippen molar-refractivity contribution < 1.29 is 14.2 Å². The SMILES string of the molecule is CC(C)(O)C(C)(C)OBc1ccc2c(c1)oc1ccc(Cl)cc12. The standard InChI is InChI=1S/C18H20BClO3/c1-17(2,21)18(3,4)23-19-11-5-7-13-14-10-12(20)6-8-15(14)22-16(13)9-11/h5-10,19,21H,1-4H3. The Morgan fingerprint density at radius 1 is 1.00 bits per heavy atom. The molecule has 0 fully saturated rings. The molecule has 0 aliphatic carbocycles. The third-order valence-corrected chi connectivity index (χ3v) is 4.81. The highest BCUT2D eigenvalue weighted by Crippen LogP contribution is 2.30. The van der Waals surface area contributed by atoms with Crippen LogP contribution in [0, 0.1) is 0 Å². The van der Waals surface area contributed by atoms with Crippen LogP contribution in [0.5, 0.6) is 0 Å². The third-order valence-electron chi connectivity index (χ3n) is 4.57. The number of fused-ring (bicyclic) bond motifs is 3. The summed E-state index contributed by atoms with van der Waals surface area (Å²) in [7, 11) is 0.407. The molecule has 1 N–H and O–H groups in total. The van der Waals surface area contributed by atoms with Gasteiger partial charge in [0.25, 0.3) is 0 Å². The van der Waals surface area contributed by atoms with E-state index >= 15 is 0 Å². The van der Waals surface area contributed by atoms with E-state index in [1.807, 2.05) is 50.2 Å². The van der Waals surface area contributed by atoms with Crippen molar-refractivity contribution in [2.45, 2.75) is 38.9 Å². The average Bonchev–Trinajstić information content (AvgIpc) is 2.81. The van der Waals surface area contributed by atoms with Crippen molar-refractivity contribution in [3.05, 3.63) is 41.4 Å². The highest BCUT2D eigenvalue weighted by Gasteiger charge is 2.35. The lowest BCUT2D eigenvalue weighted by atomic mass is 9.82. The van der Waals surface area contributed by atoms with Gasteiger partial charge in [-0.05, 0) is 57.4 Å². The van der Waals surface area contributed by atoms with E-state index in [0.717, 1.165) is 27.4 Å². The summed E-state index contributed by atoms with van der Waals surface area (Å²) in [5.74, 6) is 0. The number of rotatable bonds is 4. The van der Waals surface area contributed by atoms with Crippen molar-refractivity contribution in [3.8, 4) is 0 Å². The van der Waals surface area contributed by atoms with Crippen molar-refractivity contribution in [2.24, 2.45) is 0 Å². The Morgan fingerprint density at radius 2 is 1.74 bits per heavy atom. The third kappa shape index (κ3) is 3.11. The molecule has 1 aromatic heterocycles. The number of hydrogen-bond acceptors (Lipinski definition) is 3. The first kappa shape index (κ1) is 16.4. The normalized spacial score (nSPS) is 13.0. The lowest BCUT2D eigenvalue weighted by molar-refractivity contribution is -0.0893. The molecule has 3 rings (SSSR count). The Labute approximate surface area is 141 Å². The fourth-order valence-electron chi connectivity index (χ4n) is 2.32. The average molecular weight is 331 g/mol. The summed E-state index contributed by atoms with van der Waals surface area (Å²) < 4.78 is 11.8. The fraction of sp³-hybridized carbons (Fsp3) is 0.333. The predicted molar refractivity (Wildman–Crippen MR) is 97.0 cm³/mol. The van der Waals surface area contributed by atoms with E-state index in [4.69, 9.17) is 20.7 Å². The maximum Gasteiger partial charge on any atom is 0.309 e. The summed E-state index contributed by atoms with van der Waals surface area (Å²) in [6, 6.07) is 11.6. The van der Waals surface area contributed by atoms with Gasteiger partial charge in [-0.1, -0.05) is 23.7 Å². The summed E-state index contributed by atoms with van der Waals surface area (Å²) in [6.07, 6.45) is 0. The highest BCUT2D eigenvalue weighted by molar-refractivity contribution is 6.47. The molecule has 0 aliphatic rings. The van der Waals surface area contributed by atoms with Crippen LogP contribution in [0.25, 0.3) is 21.9 Å². The minimum atomic E-state index is -0.923. The number of hydrogen-bond donors (Lipinski definition) is 1. The maximum absolute atomic E-state index is 10.2. The predicted octanol–water partition coefficient (Wildman–Crippen LogP) is 3.78. The second-order valence-corrected chi connectivity index (χ2v) is 7.37. The molecule has 0 aliphatic heterocycles. The topological polar surface area (TPSA) is 42.6 Å². The van der Waals surface area contributed by atoms with Gasteiger partial charge in [-0.3, -0.25) is 0 Å². The molecule has 0 amide bonds. The molecule has 5 heteroatoms. The zero-order chi connectivity index (χ0) is 16.8. The largest absolute Gasteiger partial charge is 0.456 e. The first-order chi connectivity index (χ1) is 10.7. The van der Waals surface area contributed by atoms with E-state index in [0.29, 0.717) is 12.5 Å². The first-order valence-corrected chi connectivity index (χ1v) is 8.02. The number of furan rings is 1. The van der Waals surface area contributed by atoms with Crippen molar-refractivity contribution in [3.63, 3.8) is 0 Å². The van der Waals surface area contributed by atoms with E-state index in [2.05, 4.69) is 0 Å². The summed E-state index contributed by atoms with van der Waals surface area (Å²) in [4.78, 5) is 0. The fourth-order valence-corrected chi connectivity index (χ4v) is 2.50. The van der Waals surface area contributed by atoms with Gasteiger partial charge in [-0.15, -0.1) is 0 Å². The van der Waals surface area contributed by atoms with E-state index < -0.39 is 11.2 Å². The van der Waals surface area contributed by atoms with Crippen LogP contribution in [0.4, 0.5) is 0 Å². The monoisotopic (exact) mass is 330 g/mol. The quantitative estimate of drug-likeness (QED) is 0.740. The molecular formula is C18H20BClO3. The number of benzene rings is 2. The molecule has 23 heavy (non-hydrogen) atoms. The molecule has 2 aromatic carbocycles. The van der Waals surface area contributed by atoms with Crippen molar-refractivity contribution >= 4 is 46.5 Å². The molecule has 120 valence electrons. The highest BCUT2D eigenvalue weighted by atomic mass is 35.5. The van der Waals surface area contributed by atoms with Crippen molar-refractivity contribution in [1.29, 1.82) is 0 Å². The van der Waals surface area contributed by atoms with E-state index in [-0.39, 0.29) is 0 Å². The zero-order valence-electron chi connectivity index (χ0n) is 13.8. The molecular weight excluding hydrogens is 310 g/mol. The summed E-state index contributed by atoms with van der Waals surface area (Å²) in [5, 5.41) is 12.9. The molecule has 3 aromatic rings. The molecule has 1 heterocycles. The van der Waals surface area contributed by atoms with Crippen LogP contribution in [0.2, 0.25) is 5.02 Å². The van der Waals surface area contributed by atoms with Gasteiger partial charge in [0.05, 0.1) is 11.2 Å². The van der Waals surface area contributed by atoms with Gasteiger partial charge in [-0.2, -0.15) is 0 Å². The second kappa shape index (κ2) is 5.55. The van der Waals surface area contributed by atoms with Gasteiger partial charge in [0.2, 0.25) is 0 Å². The second-order valence-electron chi connectivity index (χ2n) is 6.93. The molecule has 0 bridgehead atoms. The molecule has 0 atom stereocenters. The lowest BCUT2D eigenvalue weighted by Gasteiger charge is -2.37. The summed E-state index contributed by atoms with van der Waals surface area (Å²) >= 11 is 6.06. The minimum absolute atomic E-state index is 0.407. The van der Waals surface area contributed by atoms with E-state index in [1.54, 1.807) is 13.8 Å². The Balaban J connectivity index is 1.90. The van der Waals surface area contributed by atoms with Crippen molar-refractivity contribution in [2.75, 3.05) is 0 Å². The Bertz CT molecular complexity index is 862. The Hall–Kier alpha value is -1.49. The molecule has 0 radical (unpaired) electrons. The van der Waals surface area contributed by atoms with Gasteiger partial charge in [0.15, 0.2) is 0 Å². The van der Waals surface area contributed by atoms with E-state index in [9.17, 15) is 5.11 Å². The first-order valence-electron chi connectivity index (χ1n) is 7.64. The van der Waals surface area contributed by atoms with Gasteiger partial charge in [0.1, 0.15) is 11.2 Å². The summed E-state index contributed by atoms with van der Waals surface area (Å²) in [5.41, 5.74) is 1.06. The van der Waals surface area contributed by atoms with Gasteiger partial charge < -0.3 is 14.2 Å². The smallest absolute Gasteiger partial charge is 0.309 e. The Kier molecular flexibility index (Phi) is 3.95. The van der Waals surface area contributed by atoms with Gasteiger partial charge >= 0.3 is 7.48 Å². The molecule has 3 nitrogen and oxygen atoms in total. The summed E-state index contributed by atoms with van der Waals surface area (Å²) in [6.45, 7) is 7.27. The lowest BCUT2D eigenvalue weighted by Crippen LogP contribution is -2.49. The van der Waals surface area contributed by atoms with Crippen molar-refractivity contribution in [1.82, 2.24) is 0 Å².